The van der Waals surface area contributed by atoms with Gasteiger partial charge in [-0.05, 0) is 46.2 Å². The molecule has 0 saturated carbocycles. The zero-order valence-corrected chi connectivity index (χ0v) is 15.4. The number of furan rings is 1. The van der Waals surface area contributed by atoms with Crippen LogP contribution in [0.25, 0.3) is 10.8 Å². The van der Waals surface area contributed by atoms with Crippen molar-refractivity contribution < 1.29 is 13.9 Å². The minimum Gasteiger partial charge on any atom is -0.467 e. The molecule has 0 atom stereocenters. The van der Waals surface area contributed by atoms with Crippen LogP contribution in [0.2, 0.25) is 0 Å². The fourth-order valence-corrected chi connectivity index (χ4v) is 3.11. The molecule has 4 aromatic rings. The highest BCUT2D eigenvalue weighted by Gasteiger charge is 2.07. The Morgan fingerprint density at radius 1 is 0.821 bits per heavy atom. The largest absolute Gasteiger partial charge is 0.467 e. The van der Waals surface area contributed by atoms with E-state index >= 15 is 0 Å². The fraction of sp³-hybridized carbons (Fsp3) is 0.125. The van der Waals surface area contributed by atoms with Crippen LogP contribution in [0.4, 0.5) is 0 Å². The number of fused-ring (bicyclic) bond motifs is 1. The third-order valence-corrected chi connectivity index (χ3v) is 4.55. The zero-order chi connectivity index (χ0) is 19.2. The van der Waals surface area contributed by atoms with E-state index in [-0.39, 0.29) is 5.91 Å². The minimum absolute atomic E-state index is 0.0785. The van der Waals surface area contributed by atoms with Crippen LogP contribution in [0.15, 0.2) is 89.5 Å². The monoisotopic (exact) mass is 371 g/mol. The molecule has 0 unspecified atom stereocenters. The standard InChI is InChI=1S/C24H21NO3/c26-24(22-11-10-20-7-1-2-8-21(20)14-22)25-15-18-5-3-6-19(13-18)16-27-17-23-9-4-12-28-23/h1-14H,15-17H2,(H,25,26). The summed E-state index contributed by atoms with van der Waals surface area (Å²) in [5.74, 6) is 0.726. The summed E-state index contributed by atoms with van der Waals surface area (Å²) in [5.41, 5.74) is 2.76. The predicted octanol–water partition coefficient (Wildman–Crippen LogP) is 5.08. The van der Waals surface area contributed by atoms with Gasteiger partial charge >= 0.3 is 0 Å². The van der Waals surface area contributed by atoms with Crippen molar-refractivity contribution in [2.75, 3.05) is 0 Å². The van der Waals surface area contributed by atoms with Crippen LogP contribution < -0.4 is 5.32 Å². The smallest absolute Gasteiger partial charge is 0.251 e. The Morgan fingerprint density at radius 3 is 2.54 bits per heavy atom. The normalized spacial score (nSPS) is 10.9. The molecule has 4 rings (SSSR count). The first-order valence-electron chi connectivity index (χ1n) is 9.23. The first-order valence-corrected chi connectivity index (χ1v) is 9.23. The van der Waals surface area contributed by atoms with Crippen molar-refractivity contribution in [3.63, 3.8) is 0 Å². The van der Waals surface area contributed by atoms with Gasteiger partial charge in [0, 0.05) is 12.1 Å². The number of hydrogen-bond acceptors (Lipinski definition) is 3. The van der Waals surface area contributed by atoms with Crippen molar-refractivity contribution in [3.05, 3.63) is 108 Å². The number of amides is 1. The summed E-state index contributed by atoms with van der Waals surface area (Å²) < 4.78 is 10.9. The van der Waals surface area contributed by atoms with E-state index in [1.807, 2.05) is 78.9 Å². The van der Waals surface area contributed by atoms with Crippen LogP contribution in [0, 0.1) is 0 Å². The minimum atomic E-state index is -0.0785. The molecule has 0 aliphatic carbocycles. The number of carbonyl (C=O) groups excluding carboxylic acids is 1. The molecule has 3 aromatic carbocycles. The lowest BCUT2D eigenvalue weighted by molar-refractivity contribution is 0.0928. The molecule has 0 fully saturated rings. The second-order valence-electron chi connectivity index (χ2n) is 6.64. The SMILES string of the molecule is O=C(NCc1cccc(COCc2ccco2)c1)c1ccc2ccccc2c1. The molecule has 1 aromatic heterocycles. The van der Waals surface area contributed by atoms with Gasteiger partial charge in [-0.3, -0.25) is 4.79 Å². The molecule has 1 heterocycles. The van der Waals surface area contributed by atoms with Crippen LogP contribution >= 0.6 is 0 Å². The molecule has 0 bridgehead atoms. The van der Waals surface area contributed by atoms with E-state index in [1.54, 1.807) is 6.26 Å². The Bertz CT molecular complexity index is 1070. The molecule has 28 heavy (non-hydrogen) atoms. The number of nitrogens with one attached hydrogen (secondary N) is 1. The highest BCUT2D eigenvalue weighted by molar-refractivity contribution is 5.98. The molecule has 0 saturated heterocycles. The number of hydrogen-bond donors (Lipinski definition) is 1. The second kappa shape index (κ2) is 8.55. The van der Waals surface area contributed by atoms with Crippen LogP contribution in [0.1, 0.15) is 27.2 Å². The summed E-state index contributed by atoms with van der Waals surface area (Å²) in [6.07, 6.45) is 1.64. The summed E-state index contributed by atoms with van der Waals surface area (Å²) in [6, 6.07) is 25.5. The van der Waals surface area contributed by atoms with Gasteiger partial charge in [0.05, 0.1) is 12.9 Å². The quantitative estimate of drug-likeness (QED) is 0.493. The molecular weight excluding hydrogens is 350 g/mol. The molecule has 0 aliphatic rings. The van der Waals surface area contributed by atoms with Gasteiger partial charge in [-0.1, -0.05) is 54.6 Å². The highest BCUT2D eigenvalue weighted by atomic mass is 16.5. The van der Waals surface area contributed by atoms with Crippen molar-refractivity contribution in [2.24, 2.45) is 0 Å². The third kappa shape index (κ3) is 4.48. The van der Waals surface area contributed by atoms with Crippen LogP contribution in [0.3, 0.4) is 0 Å². The maximum atomic E-state index is 12.5. The van der Waals surface area contributed by atoms with E-state index in [1.165, 1.54) is 0 Å². The first kappa shape index (κ1) is 18.0. The lowest BCUT2D eigenvalue weighted by Crippen LogP contribution is -2.22. The van der Waals surface area contributed by atoms with E-state index < -0.39 is 0 Å². The highest BCUT2D eigenvalue weighted by Crippen LogP contribution is 2.16. The Balaban J connectivity index is 1.34. The van der Waals surface area contributed by atoms with Gasteiger partial charge < -0.3 is 14.5 Å². The van der Waals surface area contributed by atoms with Crippen molar-refractivity contribution >= 4 is 16.7 Å². The van der Waals surface area contributed by atoms with Crippen LogP contribution in [-0.2, 0) is 24.5 Å². The topological polar surface area (TPSA) is 51.5 Å². The fourth-order valence-electron chi connectivity index (χ4n) is 3.11. The Hall–Kier alpha value is -3.37. The predicted molar refractivity (Wildman–Crippen MR) is 109 cm³/mol. The molecule has 4 heteroatoms. The van der Waals surface area contributed by atoms with Crippen LogP contribution in [0.5, 0.6) is 0 Å². The number of ether oxygens (including phenoxy) is 1. The Kier molecular flexibility index (Phi) is 5.50. The van der Waals surface area contributed by atoms with E-state index in [2.05, 4.69) is 5.32 Å². The molecule has 0 spiro atoms. The number of benzene rings is 3. The van der Waals surface area contributed by atoms with Gasteiger partial charge in [-0.25, -0.2) is 0 Å². The van der Waals surface area contributed by atoms with Crippen molar-refractivity contribution in [1.82, 2.24) is 5.32 Å². The van der Waals surface area contributed by atoms with Gasteiger partial charge in [0.2, 0.25) is 0 Å². The van der Waals surface area contributed by atoms with Gasteiger partial charge in [-0.2, -0.15) is 0 Å². The molecule has 1 N–H and O–H groups in total. The zero-order valence-electron chi connectivity index (χ0n) is 15.4. The molecule has 140 valence electrons. The second-order valence-corrected chi connectivity index (χ2v) is 6.64. The Morgan fingerprint density at radius 2 is 1.68 bits per heavy atom. The van der Waals surface area contributed by atoms with Gasteiger partial charge in [0.1, 0.15) is 12.4 Å². The number of rotatable bonds is 7. The molecular formula is C24H21NO3. The summed E-state index contributed by atoms with van der Waals surface area (Å²) >= 11 is 0. The van der Waals surface area contributed by atoms with E-state index in [4.69, 9.17) is 9.15 Å². The summed E-state index contributed by atoms with van der Waals surface area (Å²) in [6.45, 7) is 1.40. The molecule has 0 aliphatic heterocycles. The molecule has 0 radical (unpaired) electrons. The van der Waals surface area contributed by atoms with Gasteiger partial charge in [-0.15, -0.1) is 0 Å². The third-order valence-electron chi connectivity index (χ3n) is 4.55. The maximum Gasteiger partial charge on any atom is 0.251 e. The molecule has 4 nitrogen and oxygen atoms in total. The van der Waals surface area contributed by atoms with E-state index in [0.29, 0.717) is 25.3 Å². The first-order chi connectivity index (χ1) is 13.8. The maximum absolute atomic E-state index is 12.5. The van der Waals surface area contributed by atoms with Crippen LogP contribution in [-0.4, -0.2) is 5.91 Å². The van der Waals surface area contributed by atoms with Gasteiger partial charge in [0.15, 0.2) is 0 Å². The lowest BCUT2D eigenvalue weighted by atomic mass is 10.1. The van der Waals surface area contributed by atoms with E-state index in [9.17, 15) is 4.79 Å². The van der Waals surface area contributed by atoms with E-state index in [0.717, 1.165) is 27.7 Å². The summed E-state index contributed by atoms with van der Waals surface area (Å²) in [4.78, 5) is 12.5. The molecule has 1 amide bonds. The van der Waals surface area contributed by atoms with Crippen molar-refractivity contribution in [3.8, 4) is 0 Å². The summed E-state index contributed by atoms with van der Waals surface area (Å²) in [7, 11) is 0. The average molecular weight is 371 g/mol. The van der Waals surface area contributed by atoms with Gasteiger partial charge in [0.25, 0.3) is 5.91 Å². The van der Waals surface area contributed by atoms with Crippen molar-refractivity contribution in [2.45, 2.75) is 19.8 Å². The average Bonchev–Trinajstić information content (AvgIpc) is 3.25. The van der Waals surface area contributed by atoms with Crippen molar-refractivity contribution in [1.29, 1.82) is 0 Å². The number of carbonyl (C=O) groups is 1. The summed E-state index contributed by atoms with van der Waals surface area (Å²) in [5, 5.41) is 5.18. The lowest BCUT2D eigenvalue weighted by Gasteiger charge is -2.09. The Labute approximate surface area is 163 Å².